The molecule has 0 saturated heterocycles. The van der Waals surface area contributed by atoms with Gasteiger partial charge in [0.2, 0.25) is 0 Å². The number of hydrogen-bond acceptors (Lipinski definition) is 2. The summed E-state index contributed by atoms with van der Waals surface area (Å²) >= 11 is 0. The second kappa shape index (κ2) is 6.04. The van der Waals surface area contributed by atoms with Gasteiger partial charge in [0, 0.05) is 0 Å². The van der Waals surface area contributed by atoms with Gasteiger partial charge in [0.05, 0.1) is 0 Å². The lowest BCUT2D eigenvalue weighted by Gasteiger charge is -2.26. The third kappa shape index (κ3) is 3.24. The van der Waals surface area contributed by atoms with E-state index in [1.807, 2.05) is 6.92 Å². The lowest BCUT2D eigenvalue weighted by molar-refractivity contribution is -0.136. The van der Waals surface area contributed by atoms with Crippen LogP contribution in [0.4, 0.5) is 0 Å². The number of hydrogen-bond donors (Lipinski definition) is 0. The second-order valence-electron chi connectivity index (χ2n) is 3.40. The van der Waals surface area contributed by atoms with Crippen molar-refractivity contribution in [2.75, 3.05) is 0 Å². The van der Waals surface area contributed by atoms with E-state index in [4.69, 9.17) is 4.74 Å². The van der Waals surface area contributed by atoms with Crippen molar-refractivity contribution in [1.82, 2.24) is 0 Å². The van der Waals surface area contributed by atoms with Crippen LogP contribution in [-0.2, 0) is 9.53 Å². The quantitative estimate of drug-likeness (QED) is 0.576. The van der Waals surface area contributed by atoms with Crippen LogP contribution in [0.5, 0.6) is 0 Å². The van der Waals surface area contributed by atoms with E-state index in [2.05, 4.69) is 20.8 Å². The van der Waals surface area contributed by atoms with Crippen LogP contribution >= 0.6 is 0 Å². The highest BCUT2D eigenvalue weighted by Gasteiger charge is 2.21. The molecule has 0 N–H and O–H groups in total. The van der Waals surface area contributed by atoms with Crippen LogP contribution in [0.15, 0.2) is 0 Å². The predicted octanol–water partition coefficient (Wildman–Crippen LogP) is 2.62. The Morgan fingerprint density at radius 3 is 2.17 bits per heavy atom. The van der Waals surface area contributed by atoms with Crippen LogP contribution < -0.4 is 0 Å². The third-order valence-corrected chi connectivity index (χ3v) is 2.72. The summed E-state index contributed by atoms with van der Waals surface area (Å²) in [6.07, 6.45) is 2.28. The first-order valence-electron chi connectivity index (χ1n) is 4.76. The fourth-order valence-electron chi connectivity index (χ4n) is 1.69. The van der Waals surface area contributed by atoms with Crippen LogP contribution in [0, 0.1) is 11.8 Å². The van der Waals surface area contributed by atoms with E-state index < -0.39 is 0 Å². The zero-order valence-corrected chi connectivity index (χ0v) is 8.54. The van der Waals surface area contributed by atoms with Crippen molar-refractivity contribution in [3.8, 4) is 0 Å². The van der Waals surface area contributed by atoms with Crippen molar-refractivity contribution >= 4 is 6.47 Å². The molecule has 0 aliphatic carbocycles. The topological polar surface area (TPSA) is 26.3 Å². The summed E-state index contributed by atoms with van der Waals surface area (Å²) in [4.78, 5) is 10.1. The van der Waals surface area contributed by atoms with Crippen LogP contribution in [0.2, 0.25) is 0 Å². The summed E-state index contributed by atoms with van der Waals surface area (Å²) in [5.41, 5.74) is 0. The van der Waals surface area contributed by atoms with Gasteiger partial charge in [-0.25, -0.2) is 0 Å². The molecule has 12 heavy (non-hydrogen) atoms. The summed E-state index contributed by atoms with van der Waals surface area (Å²) in [5.74, 6) is 1.13. The van der Waals surface area contributed by atoms with E-state index in [9.17, 15) is 4.79 Å². The Balaban J connectivity index is 4.02. The van der Waals surface area contributed by atoms with Gasteiger partial charge < -0.3 is 4.74 Å². The maximum absolute atomic E-state index is 10.1. The smallest absolute Gasteiger partial charge is 0.293 e. The molecule has 0 saturated carbocycles. The van der Waals surface area contributed by atoms with E-state index in [1.165, 1.54) is 0 Å². The normalized spacial score (nSPS) is 18.0. The number of carbonyl (C=O) groups is 1. The van der Waals surface area contributed by atoms with Crippen molar-refractivity contribution in [3.63, 3.8) is 0 Å². The van der Waals surface area contributed by atoms with Gasteiger partial charge in [0.25, 0.3) is 6.47 Å². The van der Waals surface area contributed by atoms with Gasteiger partial charge in [0.1, 0.15) is 6.10 Å². The molecule has 0 rings (SSSR count). The largest absolute Gasteiger partial charge is 0.465 e. The molecule has 3 unspecified atom stereocenters. The molecular formula is C10H20O2. The van der Waals surface area contributed by atoms with Crippen LogP contribution in [0.1, 0.15) is 40.5 Å². The van der Waals surface area contributed by atoms with E-state index in [1.54, 1.807) is 0 Å². The average molecular weight is 172 g/mol. The van der Waals surface area contributed by atoms with Gasteiger partial charge in [0.15, 0.2) is 0 Å². The van der Waals surface area contributed by atoms with Crippen molar-refractivity contribution < 1.29 is 9.53 Å². The van der Waals surface area contributed by atoms with Crippen molar-refractivity contribution in [3.05, 3.63) is 0 Å². The number of rotatable bonds is 6. The van der Waals surface area contributed by atoms with Gasteiger partial charge in [-0.05, 0) is 25.2 Å². The molecule has 0 radical (unpaired) electrons. The van der Waals surface area contributed by atoms with Crippen molar-refractivity contribution in [1.29, 1.82) is 0 Å². The molecule has 0 fully saturated rings. The summed E-state index contributed by atoms with van der Waals surface area (Å²) < 4.78 is 4.94. The molecule has 0 amide bonds. The third-order valence-electron chi connectivity index (χ3n) is 2.72. The van der Waals surface area contributed by atoms with Crippen molar-refractivity contribution in [2.45, 2.75) is 46.6 Å². The average Bonchev–Trinajstić information content (AvgIpc) is 2.06. The first-order valence-corrected chi connectivity index (χ1v) is 4.76. The van der Waals surface area contributed by atoms with Gasteiger partial charge in [-0.3, -0.25) is 4.79 Å². The van der Waals surface area contributed by atoms with E-state index in [-0.39, 0.29) is 6.10 Å². The first kappa shape index (κ1) is 11.5. The maximum atomic E-state index is 10.1. The fraction of sp³-hybridized carbons (Fsp3) is 0.900. The second-order valence-corrected chi connectivity index (χ2v) is 3.40. The molecule has 0 bridgehead atoms. The van der Waals surface area contributed by atoms with Crippen LogP contribution in [0.25, 0.3) is 0 Å². The van der Waals surface area contributed by atoms with Crippen molar-refractivity contribution in [2.24, 2.45) is 11.8 Å². The van der Waals surface area contributed by atoms with Gasteiger partial charge in [-0.1, -0.05) is 27.2 Å². The summed E-state index contributed by atoms with van der Waals surface area (Å²) in [7, 11) is 0. The number of ether oxygens (including phenoxy) is 1. The molecule has 0 aromatic heterocycles. The molecule has 2 heteroatoms. The Morgan fingerprint density at radius 2 is 1.83 bits per heavy atom. The minimum absolute atomic E-state index is 0.0578. The minimum atomic E-state index is 0.0578. The Labute approximate surface area is 75.3 Å². The molecule has 0 heterocycles. The molecular weight excluding hydrogens is 152 g/mol. The highest BCUT2D eigenvalue weighted by Crippen LogP contribution is 2.23. The van der Waals surface area contributed by atoms with E-state index in [0.717, 1.165) is 12.8 Å². The Hall–Kier alpha value is -0.530. The Bertz CT molecular complexity index is 123. The summed E-state index contributed by atoms with van der Waals surface area (Å²) in [6.45, 7) is 9.03. The van der Waals surface area contributed by atoms with E-state index in [0.29, 0.717) is 18.3 Å². The van der Waals surface area contributed by atoms with Gasteiger partial charge >= 0.3 is 0 Å². The molecule has 2 nitrogen and oxygen atoms in total. The lowest BCUT2D eigenvalue weighted by atomic mass is 9.86. The SMILES string of the molecule is CCC(C)C(CC)C(C)OC=O. The monoisotopic (exact) mass is 172 g/mol. The van der Waals surface area contributed by atoms with Crippen LogP contribution in [-0.4, -0.2) is 12.6 Å². The molecule has 0 aliphatic rings. The predicted molar refractivity (Wildman–Crippen MR) is 49.8 cm³/mol. The highest BCUT2D eigenvalue weighted by molar-refractivity contribution is 5.37. The molecule has 0 spiro atoms. The maximum Gasteiger partial charge on any atom is 0.293 e. The Morgan fingerprint density at radius 1 is 1.25 bits per heavy atom. The molecule has 0 aliphatic heterocycles. The highest BCUT2D eigenvalue weighted by atomic mass is 16.5. The van der Waals surface area contributed by atoms with Gasteiger partial charge in [-0.2, -0.15) is 0 Å². The molecule has 0 aromatic carbocycles. The summed E-state index contributed by atoms with van der Waals surface area (Å²) in [5, 5.41) is 0. The fourth-order valence-corrected chi connectivity index (χ4v) is 1.69. The molecule has 3 atom stereocenters. The molecule has 72 valence electrons. The number of carbonyl (C=O) groups excluding carboxylic acids is 1. The van der Waals surface area contributed by atoms with E-state index >= 15 is 0 Å². The zero-order chi connectivity index (χ0) is 9.56. The minimum Gasteiger partial charge on any atom is -0.465 e. The standard InChI is InChI=1S/C10H20O2/c1-5-8(3)10(6-2)9(4)12-7-11/h7-10H,5-6H2,1-4H3. The van der Waals surface area contributed by atoms with Gasteiger partial charge in [-0.15, -0.1) is 0 Å². The zero-order valence-electron chi connectivity index (χ0n) is 8.54. The lowest BCUT2D eigenvalue weighted by Crippen LogP contribution is -2.25. The molecule has 0 aromatic rings. The summed E-state index contributed by atoms with van der Waals surface area (Å²) in [6, 6.07) is 0. The Kier molecular flexibility index (Phi) is 5.77. The first-order chi connectivity index (χ1) is 5.67. The van der Waals surface area contributed by atoms with Crippen LogP contribution in [0.3, 0.4) is 0 Å².